The average molecular weight is 350 g/mol. The molecule has 2 aromatic carbocycles. The molecule has 0 fully saturated rings. The van der Waals surface area contributed by atoms with Crippen LogP contribution in [0.2, 0.25) is 10.0 Å². The Labute approximate surface area is 141 Å². The second kappa shape index (κ2) is 6.76. The van der Waals surface area contributed by atoms with Crippen molar-refractivity contribution >= 4 is 46.3 Å². The molecule has 2 N–H and O–H groups in total. The fourth-order valence-electron chi connectivity index (χ4n) is 1.81. The van der Waals surface area contributed by atoms with Crippen LogP contribution in [0.15, 0.2) is 48.7 Å². The number of nitrogens with zero attached hydrogens (tertiary/aromatic N) is 3. The van der Waals surface area contributed by atoms with Gasteiger partial charge in [0.15, 0.2) is 5.82 Å². The van der Waals surface area contributed by atoms with Crippen molar-refractivity contribution in [2.75, 3.05) is 10.6 Å². The van der Waals surface area contributed by atoms with Crippen LogP contribution in [0.3, 0.4) is 0 Å². The highest BCUT2D eigenvalue weighted by molar-refractivity contribution is 6.36. The van der Waals surface area contributed by atoms with Crippen LogP contribution in [-0.4, -0.2) is 15.2 Å². The summed E-state index contributed by atoms with van der Waals surface area (Å²) in [4.78, 5) is 4.27. The zero-order valence-corrected chi connectivity index (χ0v) is 13.1. The van der Waals surface area contributed by atoms with Gasteiger partial charge in [0.1, 0.15) is 5.82 Å². The van der Waals surface area contributed by atoms with Crippen molar-refractivity contribution in [1.82, 2.24) is 15.2 Å². The molecule has 116 valence electrons. The predicted molar refractivity (Wildman–Crippen MR) is 89.3 cm³/mol. The first-order valence-electron chi connectivity index (χ1n) is 6.54. The molecule has 1 aromatic heterocycles. The van der Waals surface area contributed by atoms with Crippen molar-refractivity contribution in [1.29, 1.82) is 0 Å². The fourth-order valence-corrected chi connectivity index (χ4v) is 2.26. The second-order valence-corrected chi connectivity index (χ2v) is 5.39. The van der Waals surface area contributed by atoms with Gasteiger partial charge in [-0.1, -0.05) is 23.2 Å². The predicted octanol–water partition coefficient (Wildman–Crippen LogP) is 4.80. The van der Waals surface area contributed by atoms with Crippen LogP contribution >= 0.6 is 23.2 Å². The van der Waals surface area contributed by atoms with E-state index in [4.69, 9.17) is 23.2 Å². The van der Waals surface area contributed by atoms with E-state index in [2.05, 4.69) is 25.8 Å². The first-order chi connectivity index (χ1) is 11.1. The SMILES string of the molecule is Fc1ccc(Nc2nncc(Nc3ccc(Cl)cc3Cl)n2)cc1. The Morgan fingerprint density at radius 3 is 2.48 bits per heavy atom. The Bertz CT molecular complexity index is 826. The van der Waals surface area contributed by atoms with Crippen LogP contribution in [-0.2, 0) is 0 Å². The molecule has 0 aliphatic rings. The molecule has 0 amide bonds. The lowest BCUT2D eigenvalue weighted by Gasteiger charge is -2.09. The van der Waals surface area contributed by atoms with Gasteiger partial charge in [-0.15, -0.1) is 5.10 Å². The van der Waals surface area contributed by atoms with Crippen LogP contribution in [0.5, 0.6) is 0 Å². The third-order valence-electron chi connectivity index (χ3n) is 2.85. The van der Waals surface area contributed by atoms with Crippen LogP contribution in [0, 0.1) is 5.82 Å². The molecule has 1 heterocycles. The Balaban J connectivity index is 1.78. The molecule has 3 aromatic rings. The van der Waals surface area contributed by atoms with Crippen LogP contribution in [0.1, 0.15) is 0 Å². The first-order valence-corrected chi connectivity index (χ1v) is 7.30. The van der Waals surface area contributed by atoms with Crippen molar-refractivity contribution < 1.29 is 4.39 Å². The number of anilines is 4. The Morgan fingerprint density at radius 1 is 0.957 bits per heavy atom. The van der Waals surface area contributed by atoms with Crippen molar-refractivity contribution in [3.05, 3.63) is 64.5 Å². The van der Waals surface area contributed by atoms with Crippen molar-refractivity contribution in [2.45, 2.75) is 0 Å². The monoisotopic (exact) mass is 349 g/mol. The molecule has 0 aliphatic heterocycles. The van der Waals surface area contributed by atoms with E-state index >= 15 is 0 Å². The molecule has 23 heavy (non-hydrogen) atoms. The summed E-state index contributed by atoms with van der Waals surface area (Å²) >= 11 is 12.0. The largest absolute Gasteiger partial charge is 0.338 e. The molecule has 5 nitrogen and oxygen atoms in total. The molecule has 8 heteroatoms. The number of hydrogen-bond acceptors (Lipinski definition) is 5. The van der Waals surface area contributed by atoms with Gasteiger partial charge in [-0.25, -0.2) is 4.39 Å². The van der Waals surface area contributed by atoms with E-state index in [-0.39, 0.29) is 11.8 Å². The van der Waals surface area contributed by atoms with E-state index in [1.54, 1.807) is 30.3 Å². The van der Waals surface area contributed by atoms with E-state index in [1.165, 1.54) is 18.3 Å². The van der Waals surface area contributed by atoms with Gasteiger partial charge < -0.3 is 10.6 Å². The molecular formula is C15H10Cl2FN5. The minimum absolute atomic E-state index is 0.270. The van der Waals surface area contributed by atoms with Crippen molar-refractivity contribution in [3.63, 3.8) is 0 Å². The van der Waals surface area contributed by atoms with Gasteiger partial charge >= 0.3 is 0 Å². The molecular weight excluding hydrogens is 340 g/mol. The number of rotatable bonds is 4. The number of aromatic nitrogens is 3. The zero-order valence-electron chi connectivity index (χ0n) is 11.6. The average Bonchev–Trinajstić information content (AvgIpc) is 2.53. The molecule has 0 saturated heterocycles. The maximum absolute atomic E-state index is 12.9. The van der Waals surface area contributed by atoms with E-state index in [1.807, 2.05) is 0 Å². The lowest BCUT2D eigenvalue weighted by atomic mass is 10.3. The maximum Gasteiger partial charge on any atom is 0.249 e. The van der Waals surface area contributed by atoms with Gasteiger partial charge in [-0.05, 0) is 42.5 Å². The lowest BCUT2D eigenvalue weighted by Crippen LogP contribution is -2.02. The molecule has 3 rings (SSSR count). The third-order valence-corrected chi connectivity index (χ3v) is 3.40. The number of benzene rings is 2. The number of hydrogen-bond donors (Lipinski definition) is 2. The van der Waals surface area contributed by atoms with Gasteiger partial charge in [0, 0.05) is 10.7 Å². The summed E-state index contributed by atoms with van der Waals surface area (Å²) in [5, 5.41) is 14.7. The zero-order chi connectivity index (χ0) is 16.2. The summed E-state index contributed by atoms with van der Waals surface area (Å²) in [6, 6.07) is 10.9. The van der Waals surface area contributed by atoms with Gasteiger partial charge in [0.25, 0.3) is 0 Å². The topological polar surface area (TPSA) is 62.7 Å². The van der Waals surface area contributed by atoms with E-state index < -0.39 is 0 Å². The highest BCUT2D eigenvalue weighted by Crippen LogP contribution is 2.27. The van der Waals surface area contributed by atoms with Gasteiger partial charge in [0.2, 0.25) is 5.95 Å². The number of halogens is 3. The summed E-state index contributed by atoms with van der Waals surface area (Å²) in [6.45, 7) is 0. The fraction of sp³-hybridized carbons (Fsp3) is 0. The summed E-state index contributed by atoms with van der Waals surface area (Å²) in [7, 11) is 0. The highest BCUT2D eigenvalue weighted by atomic mass is 35.5. The van der Waals surface area contributed by atoms with Crippen LogP contribution < -0.4 is 10.6 Å². The van der Waals surface area contributed by atoms with Crippen molar-refractivity contribution in [3.8, 4) is 0 Å². The van der Waals surface area contributed by atoms with E-state index in [9.17, 15) is 4.39 Å². The summed E-state index contributed by atoms with van der Waals surface area (Å²) in [6.07, 6.45) is 1.46. The molecule has 0 radical (unpaired) electrons. The summed E-state index contributed by atoms with van der Waals surface area (Å²) < 4.78 is 12.9. The minimum Gasteiger partial charge on any atom is -0.338 e. The van der Waals surface area contributed by atoms with Gasteiger partial charge in [-0.2, -0.15) is 10.1 Å². The minimum atomic E-state index is -0.317. The van der Waals surface area contributed by atoms with E-state index in [0.29, 0.717) is 27.2 Å². The molecule has 0 unspecified atom stereocenters. The third kappa shape index (κ3) is 4.06. The lowest BCUT2D eigenvalue weighted by molar-refractivity contribution is 0.628. The Morgan fingerprint density at radius 2 is 1.74 bits per heavy atom. The number of nitrogens with one attached hydrogen (secondary N) is 2. The highest BCUT2D eigenvalue weighted by Gasteiger charge is 2.05. The van der Waals surface area contributed by atoms with E-state index in [0.717, 1.165) is 0 Å². The standard InChI is InChI=1S/C15H10Cl2FN5/c16-9-1-6-13(12(17)7-9)21-14-8-19-23-15(22-14)20-11-4-2-10(18)3-5-11/h1-8H,(H2,20,21,22,23). The summed E-state index contributed by atoms with van der Waals surface area (Å²) in [5.74, 6) is 0.405. The van der Waals surface area contributed by atoms with Crippen LogP contribution in [0.4, 0.5) is 27.5 Å². The molecule has 0 bridgehead atoms. The first kappa shape index (κ1) is 15.5. The van der Waals surface area contributed by atoms with Gasteiger partial charge in [-0.3, -0.25) is 0 Å². The molecule has 0 saturated carbocycles. The Kier molecular flexibility index (Phi) is 4.55. The van der Waals surface area contributed by atoms with Gasteiger partial charge in [0.05, 0.1) is 16.9 Å². The molecule has 0 aliphatic carbocycles. The normalized spacial score (nSPS) is 10.4. The molecule has 0 spiro atoms. The summed E-state index contributed by atoms with van der Waals surface area (Å²) in [5.41, 5.74) is 1.29. The molecule has 0 atom stereocenters. The maximum atomic E-state index is 12.9. The van der Waals surface area contributed by atoms with Crippen molar-refractivity contribution in [2.24, 2.45) is 0 Å². The second-order valence-electron chi connectivity index (χ2n) is 4.55. The quantitative estimate of drug-likeness (QED) is 0.707. The Hall–Kier alpha value is -2.44. The van der Waals surface area contributed by atoms with Crippen LogP contribution in [0.25, 0.3) is 0 Å². The smallest absolute Gasteiger partial charge is 0.249 e.